The normalized spacial score (nSPS) is 25.4. The molecule has 1 fully saturated rings. The molecule has 2 heterocycles. The molecule has 0 aliphatic carbocycles. The summed E-state index contributed by atoms with van der Waals surface area (Å²) in [5.74, 6) is 0.559. The Morgan fingerprint density at radius 1 is 1.38 bits per heavy atom. The molecular weight excluding hydrogens is 280 g/mol. The summed E-state index contributed by atoms with van der Waals surface area (Å²) >= 11 is 1.78. The molecule has 1 atom stereocenters. The van der Waals surface area contributed by atoms with Gasteiger partial charge in [-0.2, -0.15) is 0 Å². The molecule has 0 saturated carbocycles. The predicted molar refractivity (Wildman–Crippen MR) is 88.0 cm³/mol. The number of fused-ring (bicyclic) bond motifs is 1. The third-order valence-corrected chi connectivity index (χ3v) is 5.33. The Balaban J connectivity index is 1.76. The van der Waals surface area contributed by atoms with Crippen molar-refractivity contribution in [1.29, 1.82) is 0 Å². The van der Waals surface area contributed by atoms with E-state index in [0.717, 1.165) is 19.6 Å². The second-order valence-corrected chi connectivity index (χ2v) is 7.63. The van der Waals surface area contributed by atoms with Gasteiger partial charge in [-0.1, -0.05) is 36.9 Å². The highest BCUT2D eigenvalue weighted by Crippen LogP contribution is 2.39. The number of aliphatic imine (C=N–C) groups is 1. The van der Waals surface area contributed by atoms with Crippen molar-refractivity contribution >= 4 is 22.6 Å². The van der Waals surface area contributed by atoms with Crippen LogP contribution in [0.4, 0.5) is 0 Å². The summed E-state index contributed by atoms with van der Waals surface area (Å²) in [5, 5.41) is 1.17. The highest BCUT2D eigenvalue weighted by molar-refractivity contribution is 8.14. The first-order valence-electron chi connectivity index (χ1n) is 7.57. The van der Waals surface area contributed by atoms with Crippen molar-refractivity contribution in [1.82, 2.24) is 4.90 Å². The summed E-state index contributed by atoms with van der Waals surface area (Å²) in [6.07, 6.45) is 0.680. The van der Waals surface area contributed by atoms with Crippen molar-refractivity contribution in [2.75, 3.05) is 19.6 Å². The minimum atomic E-state index is -0.158. The first-order valence-corrected chi connectivity index (χ1v) is 8.38. The summed E-state index contributed by atoms with van der Waals surface area (Å²) in [6.45, 7) is 8.97. The molecule has 1 aromatic carbocycles. The molecule has 1 aromatic rings. The minimum Gasteiger partial charge on any atom is -0.299 e. The number of rotatable bonds is 2. The van der Waals surface area contributed by atoms with Gasteiger partial charge in [0.1, 0.15) is 5.78 Å². The smallest absolute Gasteiger partial charge is 0.138 e. The van der Waals surface area contributed by atoms with Gasteiger partial charge >= 0.3 is 0 Å². The molecule has 0 spiro atoms. The SMILES string of the molecule is CC1CN(CC2=NC(C)(C)c3ccccc3S2)CCC1=O. The molecule has 0 amide bonds. The van der Waals surface area contributed by atoms with E-state index in [1.165, 1.54) is 15.5 Å². The van der Waals surface area contributed by atoms with Crippen molar-refractivity contribution < 1.29 is 4.79 Å². The fourth-order valence-electron chi connectivity index (χ4n) is 3.08. The highest BCUT2D eigenvalue weighted by Gasteiger charge is 2.30. The van der Waals surface area contributed by atoms with Crippen LogP contribution in [-0.4, -0.2) is 35.4 Å². The third-order valence-electron chi connectivity index (χ3n) is 4.29. The summed E-state index contributed by atoms with van der Waals surface area (Å²) in [4.78, 5) is 20.3. The van der Waals surface area contributed by atoms with E-state index in [1.54, 1.807) is 11.8 Å². The maximum Gasteiger partial charge on any atom is 0.138 e. The van der Waals surface area contributed by atoms with Gasteiger partial charge in [-0.3, -0.25) is 14.7 Å². The number of hydrogen-bond acceptors (Lipinski definition) is 4. The first kappa shape index (κ1) is 14.8. The number of Topliss-reactive ketones (excluding diaryl/α,β-unsaturated/α-hetero) is 1. The molecule has 21 heavy (non-hydrogen) atoms. The van der Waals surface area contributed by atoms with Gasteiger partial charge in [-0.25, -0.2) is 0 Å². The van der Waals surface area contributed by atoms with Crippen molar-refractivity contribution in [3.8, 4) is 0 Å². The zero-order valence-corrected chi connectivity index (χ0v) is 13.7. The van der Waals surface area contributed by atoms with Crippen LogP contribution in [0.15, 0.2) is 34.2 Å². The van der Waals surface area contributed by atoms with Gasteiger partial charge in [-0.15, -0.1) is 0 Å². The first-order chi connectivity index (χ1) is 9.95. The number of piperidine rings is 1. The van der Waals surface area contributed by atoms with Crippen molar-refractivity contribution in [3.63, 3.8) is 0 Å². The number of thioether (sulfide) groups is 1. The molecule has 0 N–H and O–H groups in total. The van der Waals surface area contributed by atoms with E-state index in [9.17, 15) is 4.79 Å². The lowest BCUT2D eigenvalue weighted by Crippen LogP contribution is -2.42. The van der Waals surface area contributed by atoms with E-state index in [1.807, 2.05) is 6.92 Å². The summed E-state index contributed by atoms with van der Waals surface area (Å²) in [5.41, 5.74) is 1.15. The molecule has 0 bridgehead atoms. The number of benzene rings is 1. The number of likely N-dealkylation sites (tertiary alicyclic amines) is 1. The zero-order valence-electron chi connectivity index (χ0n) is 12.9. The van der Waals surface area contributed by atoms with E-state index in [4.69, 9.17) is 4.99 Å². The second kappa shape index (κ2) is 5.58. The van der Waals surface area contributed by atoms with Gasteiger partial charge in [0.2, 0.25) is 0 Å². The molecule has 2 aliphatic heterocycles. The third kappa shape index (κ3) is 3.06. The molecule has 1 saturated heterocycles. The average Bonchev–Trinajstić information content (AvgIpc) is 2.42. The van der Waals surface area contributed by atoms with Crippen LogP contribution in [-0.2, 0) is 10.3 Å². The molecule has 112 valence electrons. The molecule has 0 aromatic heterocycles. The highest BCUT2D eigenvalue weighted by atomic mass is 32.2. The minimum absolute atomic E-state index is 0.158. The Morgan fingerprint density at radius 3 is 2.90 bits per heavy atom. The fourth-order valence-corrected chi connectivity index (χ4v) is 4.43. The van der Waals surface area contributed by atoms with Crippen LogP contribution < -0.4 is 0 Å². The second-order valence-electron chi connectivity index (χ2n) is 6.52. The van der Waals surface area contributed by atoms with Crippen LogP contribution in [0, 0.1) is 5.92 Å². The van der Waals surface area contributed by atoms with Crippen LogP contribution in [0.2, 0.25) is 0 Å². The lowest BCUT2D eigenvalue weighted by atomic mass is 9.95. The monoisotopic (exact) mass is 302 g/mol. The maximum absolute atomic E-state index is 11.6. The summed E-state index contributed by atoms with van der Waals surface area (Å²) in [6, 6.07) is 8.52. The Hall–Kier alpha value is -1.13. The Labute approximate surface area is 130 Å². The molecular formula is C17H22N2OS. The molecule has 1 unspecified atom stereocenters. The molecule has 2 aliphatic rings. The number of carbonyl (C=O) groups excluding carboxylic acids is 1. The Kier molecular flexibility index (Phi) is 3.93. The van der Waals surface area contributed by atoms with Crippen molar-refractivity contribution in [2.24, 2.45) is 10.9 Å². The standard InChI is InChI=1S/C17H22N2OS/c1-12-10-19(9-8-14(12)20)11-16-18-17(2,3)13-6-4-5-7-15(13)21-16/h4-7,12H,8-11H2,1-3H3. The van der Waals surface area contributed by atoms with Gasteiger partial charge in [-0.05, 0) is 25.5 Å². The van der Waals surface area contributed by atoms with Crippen LogP contribution in [0.3, 0.4) is 0 Å². The van der Waals surface area contributed by atoms with Crippen LogP contribution in [0.1, 0.15) is 32.8 Å². The van der Waals surface area contributed by atoms with Gasteiger partial charge < -0.3 is 0 Å². The zero-order chi connectivity index (χ0) is 15.0. The Bertz CT molecular complexity index is 594. The predicted octanol–water partition coefficient (Wildman–Crippen LogP) is 3.34. The van der Waals surface area contributed by atoms with Crippen LogP contribution in [0.5, 0.6) is 0 Å². The Morgan fingerprint density at radius 2 is 2.14 bits per heavy atom. The van der Waals surface area contributed by atoms with Crippen molar-refractivity contribution in [2.45, 2.75) is 37.6 Å². The van der Waals surface area contributed by atoms with E-state index < -0.39 is 0 Å². The van der Waals surface area contributed by atoms with E-state index in [-0.39, 0.29) is 11.5 Å². The van der Waals surface area contributed by atoms with Crippen LogP contribution >= 0.6 is 11.8 Å². The molecule has 0 radical (unpaired) electrons. The van der Waals surface area contributed by atoms with E-state index >= 15 is 0 Å². The number of nitrogens with zero attached hydrogens (tertiary/aromatic N) is 2. The maximum atomic E-state index is 11.6. The fraction of sp³-hybridized carbons (Fsp3) is 0.529. The van der Waals surface area contributed by atoms with Gasteiger partial charge in [0.25, 0.3) is 0 Å². The van der Waals surface area contributed by atoms with Crippen molar-refractivity contribution in [3.05, 3.63) is 29.8 Å². The lowest BCUT2D eigenvalue weighted by Gasteiger charge is -2.34. The van der Waals surface area contributed by atoms with Gasteiger partial charge in [0.05, 0.1) is 10.6 Å². The van der Waals surface area contributed by atoms with Gasteiger partial charge in [0, 0.05) is 36.9 Å². The summed E-state index contributed by atoms with van der Waals surface area (Å²) in [7, 11) is 0. The topological polar surface area (TPSA) is 32.7 Å². The number of hydrogen-bond donors (Lipinski definition) is 0. The van der Waals surface area contributed by atoms with E-state index in [0.29, 0.717) is 12.2 Å². The quantitative estimate of drug-likeness (QED) is 0.840. The van der Waals surface area contributed by atoms with E-state index in [2.05, 4.69) is 43.0 Å². The molecule has 3 rings (SSSR count). The number of carbonyl (C=O) groups is 1. The van der Waals surface area contributed by atoms with Gasteiger partial charge in [0.15, 0.2) is 0 Å². The largest absolute Gasteiger partial charge is 0.299 e. The lowest BCUT2D eigenvalue weighted by molar-refractivity contribution is -0.125. The average molecular weight is 302 g/mol. The molecule has 3 nitrogen and oxygen atoms in total. The van der Waals surface area contributed by atoms with Crippen LogP contribution in [0.25, 0.3) is 0 Å². The number of ketones is 1. The summed E-state index contributed by atoms with van der Waals surface area (Å²) < 4.78 is 0. The molecule has 4 heteroatoms.